The number of likely N-dealkylation sites (tertiary alicyclic amines) is 1. The first-order valence-electron chi connectivity index (χ1n) is 9.33. The Morgan fingerprint density at radius 2 is 1.80 bits per heavy atom. The van der Waals surface area contributed by atoms with Crippen molar-refractivity contribution in [1.82, 2.24) is 15.5 Å². The van der Waals surface area contributed by atoms with E-state index in [2.05, 4.69) is 23.3 Å². The smallest absolute Gasteiger partial charge is 0.326 e. The van der Waals surface area contributed by atoms with Gasteiger partial charge in [-0.2, -0.15) is 24.4 Å². The molecule has 1 rings (SSSR count). The number of hydrogen-bond donors (Lipinski definition) is 6. The number of aliphatic carboxylic acids is 2. The van der Waals surface area contributed by atoms with Crippen molar-refractivity contribution in [3.05, 3.63) is 0 Å². The summed E-state index contributed by atoms with van der Waals surface area (Å²) in [5.74, 6) is -3.91. The van der Waals surface area contributed by atoms with Crippen LogP contribution in [0.15, 0.2) is 0 Å². The zero-order chi connectivity index (χ0) is 22.8. The lowest BCUT2D eigenvalue weighted by Crippen LogP contribution is -2.57. The lowest BCUT2D eigenvalue weighted by Gasteiger charge is -2.28. The molecule has 30 heavy (non-hydrogen) atoms. The van der Waals surface area contributed by atoms with Crippen LogP contribution in [0.4, 0.5) is 0 Å². The average Bonchev–Trinajstić information content (AvgIpc) is 3.17. The topological polar surface area (TPSA) is 179 Å². The molecule has 1 aliphatic heterocycles. The quantitative estimate of drug-likeness (QED) is 0.188. The largest absolute Gasteiger partial charge is 0.481 e. The number of carbonyl (C=O) groups is 5. The molecule has 1 aliphatic rings. The van der Waals surface area contributed by atoms with Crippen molar-refractivity contribution in [2.45, 2.75) is 49.9 Å². The third-order valence-electron chi connectivity index (χ3n) is 4.59. The molecule has 4 atom stereocenters. The molecule has 170 valence electrons. The normalized spacial score (nSPS) is 18.9. The van der Waals surface area contributed by atoms with Crippen LogP contribution < -0.4 is 16.4 Å². The first-order valence-corrected chi connectivity index (χ1v) is 11.4. The number of carboxylic acids is 2. The number of thiol groups is 1. The molecule has 1 heterocycles. The van der Waals surface area contributed by atoms with Gasteiger partial charge in [0.1, 0.15) is 18.1 Å². The highest BCUT2D eigenvalue weighted by atomic mass is 32.2. The van der Waals surface area contributed by atoms with Crippen LogP contribution in [0.25, 0.3) is 0 Å². The maximum absolute atomic E-state index is 12.7. The molecule has 3 amide bonds. The van der Waals surface area contributed by atoms with Gasteiger partial charge in [-0.25, -0.2) is 4.79 Å². The molecule has 0 aromatic carbocycles. The molecule has 0 aromatic heterocycles. The van der Waals surface area contributed by atoms with E-state index in [0.717, 1.165) is 0 Å². The van der Waals surface area contributed by atoms with Gasteiger partial charge < -0.3 is 31.5 Å². The second-order valence-corrected chi connectivity index (χ2v) is 8.17. The fourth-order valence-corrected chi connectivity index (χ4v) is 3.73. The van der Waals surface area contributed by atoms with Crippen molar-refractivity contribution in [3.8, 4) is 0 Å². The number of carbonyl (C=O) groups excluding carboxylic acids is 3. The molecular formula is C17H28N4O7S2. The van der Waals surface area contributed by atoms with Gasteiger partial charge >= 0.3 is 11.9 Å². The summed E-state index contributed by atoms with van der Waals surface area (Å²) in [4.78, 5) is 60.9. The zero-order valence-corrected chi connectivity index (χ0v) is 18.3. The SMILES string of the molecule is CSCCC(NC(=O)C(N)CC(=O)O)C(=O)NC(CS)C(=O)N1CCCC1C(=O)O. The maximum Gasteiger partial charge on any atom is 0.326 e. The van der Waals surface area contributed by atoms with Crippen molar-refractivity contribution < 1.29 is 34.2 Å². The summed E-state index contributed by atoms with van der Waals surface area (Å²) in [5, 5.41) is 23.0. The van der Waals surface area contributed by atoms with Crippen LogP contribution in [0.1, 0.15) is 25.7 Å². The average molecular weight is 465 g/mol. The van der Waals surface area contributed by atoms with Crippen molar-refractivity contribution in [3.63, 3.8) is 0 Å². The van der Waals surface area contributed by atoms with E-state index in [1.54, 1.807) is 0 Å². The Morgan fingerprint density at radius 1 is 1.17 bits per heavy atom. The monoisotopic (exact) mass is 464 g/mol. The van der Waals surface area contributed by atoms with Gasteiger partial charge in [0.05, 0.1) is 12.5 Å². The van der Waals surface area contributed by atoms with Crippen LogP contribution in [0.2, 0.25) is 0 Å². The Bertz CT molecular complexity index is 664. The Balaban J connectivity index is 2.84. The van der Waals surface area contributed by atoms with Crippen LogP contribution in [-0.2, 0) is 24.0 Å². The molecule has 0 saturated carbocycles. The van der Waals surface area contributed by atoms with E-state index in [1.165, 1.54) is 16.7 Å². The first-order chi connectivity index (χ1) is 14.1. The standard InChI is InChI=1S/C17H28N4O7S2/c1-30-6-4-10(19-14(24)9(18)7-13(22)23)15(25)20-11(8-29)16(26)21-5-2-3-12(21)17(27)28/h9-12,29H,2-8,18H2,1H3,(H,19,24)(H,20,25)(H,22,23)(H,27,28). The summed E-state index contributed by atoms with van der Waals surface area (Å²) in [5.41, 5.74) is 5.54. The van der Waals surface area contributed by atoms with Crippen LogP contribution in [0.5, 0.6) is 0 Å². The summed E-state index contributed by atoms with van der Waals surface area (Å²) in [6.07, 6.45) is 2.33. The van der Waals surface area contributed by atoms with E-state index >= 15 is 0 Å². The Morgan fingerprint density at radius 3 is 2.33 bits per heavy atom. The van der Waals surface area contributed by atoms with E-state index in [0.29, 0.717) is 18.6 Å². The van der Waals surface area contributed by atoms with Gasteiger partial charge in [-0.1, -0.05) is 0 Å². The van der Waals surface area contributed by atoms with E-state index in [4.69, 9.17) is 10.8 Å². The van der Waals surface area contributed by atoms with Gasteiger partial charge in [0.2, 0.25) is 17.7 Å². The summed E-state index contributed by atoms with van der Waals surface area (Å²) in [6, 6.07) is -4.37. The molecule has 0 aliphatic carbocycles. The molecule has 0 spiro atoms. The summed E-state index contributed by atoms with van der Waals surface area (Å²) < 4.78 is 0. The van der Waals surface area contributed by atoms with Crippen molar-refractivity contribution in [2.75, 3.05) is 24.3 Å². The number of rotatable bonds is 12. The van der Waals surface area contributed by atoms with Gasteiger partial charge in [0.25, 0.3) is 0 Å². The van der Waals surface area contributed by atoms with E-state index in [-0.39, 0.29) is 18.7 Å². The number of nitrogens with two attached hydrogens (primary N) is 1. The predicted octanol–water partition coefficient (Wildman–Crippen LogP) is -1.48. The minimum absolute atomic E-state index is 0.0604. The summed E-state index contributed by atoms with van der Waals surface area (Å²) in [6.45, 7) is 0.270. The Labute approximate surface area is 183 Å². The number of amides is 3. The van der Waals surface area contributed by atoms with Crippen LogP contribution in [0.3, 0.4) is 0 Å². The van der Waals surface area contributed by atoms with E-state index < -0.39 is 60.2 Å². The summed E-state index contributed by atoms with van der Waals surface area (Å²) >= 11 is 5.53. The minimum Gasteiger partial charge on any atom is -0.481 e. The van der Waals surface area contributed by atoms with Gasteiger partial charge in [-0.15, -0.1) is 0 Å². The van der Waals surface area contributed by atoms with Gasteiger partial charge in [-0.3, -0.25) is 19.2 Å². The highest BCUT2D eigenvalue weighted by molar-refractivity contribution is 7.98. The number of nitrogens with zero attached hydrogens (tertiary/aromatic N) is 1. The lowest BCUT2D eigenvalue weighted by atomic mass is 10.1. The summed E-state index contributed by atoms with van der Waals surface area (Å²) in [7, 11) is 0. The third-order valence-corrected chi connectivity index (χ3v) is 5.60. The van der Waals surface area contributed by atoms with Gasteiger partial charge in [0, 0.05) is 12.3 Å². The van der Waals surface area contributed by atoms with Crippen LogP contribution >= 0.6 is 24.4 Å². The lowest BCUT2D eigenvalue weighted by molar-refractivity contribution is -0.149. The molecule has 6 N–H and O–H groups in total. The zero-order valence-electron chi connectivity index (χ0n) is 16.6. The van der Waals surface area contributed by atoms with Crippen LogP contribution in [-0.4, -0.2) is 93.2 Å². The Hall–Kier alpha value is -1.99. The van der Waals surface area contributed by atoms with Gasteiger partial charge in [0.15, 0.2) is 0 Å². The second-order valence-electron chi connectivity index (χ2n) is 6.82. The molecule has 11 nitrogen and oxygen atoms in total. The third kappa shape index (κ3) is 7.69. The van der Waals surface area contributed by atoms with Crippen LogP contribution in [0, 0.1) is 0 Å². The highest BCUT2D eigenvalue weighted by Gasteiger charge is 2.38. The highest BCUT2D eigenvalue weighted by Crippen LogP contribution is 2.19. The molecular weight excluding hydrogens is 436 g/mol. The maximum atomic E-state index is 12.7. The molecule has 0 radical (unpaired) electrons. The van der Waals surface area contributed by atoms with Crippen molar-refractivity contribution in [2.24, 2.45) is 5.73 Å². The first kappa shape index (κ1) is 26.0. The van der Waals surface area contributed by atoms with Crippen molar-refractivity contribution >= 4 is 54.1 Å². The van der Waals surface area contributed by atoms with Gasteiger partial charge in [-0.05, 0) is 31.3 Å². The molecule has 0 bridgehead atoms. The van der Waals surface area contributed by atoms with Crippen molar-refractivity contribution in [1.29, 1.82) is 0 Å². The number of carboxylic acid groups (broad SMARTS) is 2. The number of thioether (sulfide) groups is 1. The fourth-order valence-electron chi connectivity index (χ4n) is 3.01. The molecule has 13 heteroatoms. The predicted molar refractivity (Wildman–Crippen MR) is 113 cm³/mol. The van der Waals surface area contributed by atoms with E-state index in [9.17, 15) is 29.1 Å². The second kappa shape index (κ2) is 12.6. The molecule has 4 unspecified atom stereocenters. The number of hydrogen-bond acceptors (Lipinski definition) is 8. The fraction of sp³-hybridized carbons (Fsp3) is 0.706. The molecule has 1 fully saturated rings. The molecule has 0 aromatic rings. The number of nitrogens with one attached hydrogen (secondary N) is 2. The Kier molecular flexibility index (Phi) is 11.0. The van der Waals surface area contributed by atoms with E-state index in [1.807, 2.05) is 6.26 Å². The minimum atomic E-state index is -1.32. The molecule has 1 saturated heterocycles.